The van der Waals surface area contributed by atoms with Gasteiger partial charge in [0.1, 0.15) is 6.04 Å². The molecule has 1 aliphatic rings. The highest BCUT2D eigenvalue weighted by molar-refractivity contribution is 5.81. The van der Waals surface area contributed by atoms with Crippen molar-refractivity contribution in [2.75, 3.05) is 12.4 Å². The predicted molar refractivity (Wildman–Crippen MR) is 111 cm³/mol. The summed E-state index contributed by atoms with van der Waals surface area (Å²) < 4.78 is 5.87. The van der Waals surface area contributed by atoms with E-state index >= 15 is 0 Å². The molecule has 7 nitrogen and oxygen atoms in total. The number of aryl methyl sites for hydroxylation is 1. The van der Waals surface area contributed by atoms with Crippen LogP contribution in [0.4, 0.5) is 6.01 Å². The van der Waals surface area contributed by atoms with E-state index in [1.165, 1.54) is 11.1 Å². The van der Waals surface area contributed by atoms with Crippen LogP contribution >= 0.6 is 0 Å². The first-order chi connectivity index (χ1) is 13.0. The van der Waals surface area contributed by atoms with E-state index in [1.54, 1.807) is 7.05 Å². The summed E-state index contributed by atoms with van der Waals surface area (Å²) in [4.78, 5) is 12.2. The molecule has 1 heterocycles. The molecule has 2 aromatic rings. The number of fused-ring (bicyclic) bond motifs is 1. The van der Waals surface area contributed by atoms with Gasteiger partial charge in [0.05, 0.1) is 12.1 Å². The van der Waals surface area contributed by atoms with E-state index in [2.05, 4.69) is 50.4 Å². The Hall–Kier alpha value is -2.41. The maximum Gasteiger partial charge on any atom is 0.316 e. The van der Waals surface area contributed by atoms with E-state index in [0.717, 1.165) is 19.3 Å². The Morgan fingerprint density at radius 3 is 2.68 bits per heavy atom. The molecule has 3 N–H and O–H groups in total. The average molecular weight is 388 g/mol. The molecule has 1 amide bonds. The molecule has 1 aromatic heterocycles. The zero-order valence-electron chi connectivity index (χ0n) is 16.5. The quantitative estimate of drug-likeness (QED) is 0.672. The van der Waals surface area contributed by atoms with Gasteiger partial charge in [-0.1, -0.05) is 50.6 Å². The van der Waals surface area contributed by atoms with Gasteiger partial charge in [-0.15, -0.1) is 5.10 Å². The zero-order valence-corrected chi connectivity index (χ0v) is 16.5. The smallest absolute Gasteiger partial charge is 0.316 e. The van der Waals surface area contributed by atoms with Crippen LogP contribution in [0.2, 0.25) is 0 Å². The Kier molecular flexibility index (Phi) is 7.57. The highest BCUT2D eigenvalue weighted by Crippen LogP contribution is 2.32. The first-order valence-corrected chi connectivity index (χ1v) is 9.65. The fraction of sp³-hybridized carbons (Fsp3) is 0.571. The maximum absolute atomic E-state index is 12.2. The van der Waals surface area contributed by atoms with Gasteiger partial charge in [-0.25, -0.2) is 0 Å². The second-order valence-electron chi connectivity index (χ2n) is 7.47. The van der Waals surface area contributed by atoms with Crippen LogP contribution in [0.3, 0.4) is 0 Å². The lowest BCUT2D eigenvalue weighted by Crippen LogP contribution is -2.43. The van der Waals surface area contributed by atoms with E-state index in [9.17, 15) is 4.79 Å². The third kappa shape index (κ3) is 4.90. The molecule has 3 atom stereocenters. The number of aromatic nitrogens is 2. The van der Waals surface area contributed by atoms with Crippen molar-refractivity contribution in [2.24, 2.45) is 5.92 Å². The van der Waals surface area contributed by atoms with Crippen LogP contribution in [-0.4, -0.2) is 29.2 Å². The average Bonchev–Trinajstić information content (AvgIpc) is 3.13. The van der Waals surface area contributed by atoms with Crippen molar-refractivity contribution in [3.8, 4) is 0 Å². The summed E-state index contributed by atoms with van der Waals surface area (Å²) >= 11 is 0. The maximum atomic E-state index is 12.2. The molecule has 0 bridgehead atoms. The minimum absolute atomic E-state index is 0. The van der Waals surface area contributed by atoms with Crippen LogP contribution in [0, 0.1) is 5.92 Å². The molecule has 1 aliphatic carbocycles. The van der Waals surface area contributed by atoms with Crippen molar-refractivity contribution < 1.29 is 9.21 Å². The van der Waals surface area contributed by atoms with Gasteiger partial charge in [-0.3, -0.25) is 4.79 Å². The summed E-state index contributed by atoms with van der Waals surface area (Å²) in [5.41, 5.74) is 2.66. The predicted octanol–water partition coefficient (Wildman–Crippen LogP) is 3.62. The summed E-state index contributed by atoms with van der Waals surface area (Å²) in [6, 6.07) is 8.42. The van der Waals surface area contributed by atoms with Crippen LogP contribution in [0.15, 0.2) is 28.7 Å². The monoisotopic (exact) mass is 387 g/mol. The van der Waals surface area contributed by atoms with E-state index in [0.29, 0.717) is 11.9 Å². The van der Waals surface area contributed by atoms with Gasteiger partial charge in [-0.05, 0) is 50.3 Å². The van der Waals surface area contributed by atoms with E-state index in [4.69, 9.17) is 4.42 Å². The number of hydrogen-bond acceptors (Lipinski definition) is 6. The first kappa shape index (κ1) is 21.9. The number of nitrogens with zero attached hydrogens (tertiary/aromatic N) is 2. The SMILES string of the molecule is C.CNC(C)C(=O)NC(c1nnc(NC2CCCc3ccccc32)o1)C(C)C. The molecule has 28 heavy (non-hydrogen) atoms. The molecule has 1 aromatic carbocycles. The molecule has 154 valence electrons. The molecule has 0 saturated heterocycles. The minimum atomic E-state index is -0.324. The molecule has 7 heteroatoms. The lowest BCUT2D eigenvalue weighted by Gasteiger charge is -2.25. The minimum Gasteiger partial charge on any atom is -0.406 e. The molecular formula is C21H33N5O2. The third-order valence-electron chi connectivity index (χ3n) is 5.16. The van der Waals surface area contributed by atoms with E-state index in [1.807, 2.05) is 20.8 Å². The Morgan fingerprint density at radius 1 is 1.21 bits per heavy atom. The molecule has 0 saturated carbocycles. The van der Waals surface area contributed by atoms with Crippen molar-refractivity contribution in [3.63, 3.8) is 0 Å². The van der Waals surface area contributed by atoms with Gasteiger partial charge < -0.3 is 20.4 Å². The third-order valence-corrected chi connectivity index (χ3v) is 5.16. The summed E-state index contributed by atoms with van der Waals surface area (Å²) in [5.74, 6) is 0.458. The Bertz CT molecular complexity index is 774. The number of nitrogens with one attached hydrogen (secondary N) is 3. The van der Waals surface area contributed by atoms with E-state index in [-0.39, 0.29) is 37.4 Å². The molecule has 3 unspecified atom stereocenters. The van der Waals surface area contributed by atoms with Gasteiger partial charge in [0.2, 0.25) is 11.8 Å². The summed E-state index contributed by atoms with van der Waals surface area (Å²) in [6.07, 6.45) is 3.26. The Labute approximate surface area is 167 Å². The number of amides is 1. The second-order valence-corrected chi connectivity index (χ2v) is 7.47. The molecule has 0 aliphatic heterocycles. The standard InChI is InChI=1S/C20H29N5O2.CH4/c1-12(2)17(23-18(26)13(3)21-4)19-24-25-20(27-19)22-16-11-7-9-14-8-5-6-10-15(14)16;/h5-6,8,10,12-13,16-17,21H,7,9,11H2,1-4H3,(H,22,25)(H,23,26);1H4. The molecule has 0 spiro atoms. The van der Waals surface area contributed by atoms with E-state index < -0.39 is 0 Å². The van der Waals surface area contributed by atoms with Gasteiger partial charge in [-0.2, -0.15) is 0 Å². The fourth-order valence-electron chi connectivity index (χ4n) is 3.39. The van der Waals surface area contributed by atoms with Gasteiger partial charge in [0.15, 0.2) is 0 Å². The number of rotatable bonds is 7. The topological polar surface area (TPSA) is 92.1 Å². The normalized spacial score (nSPS) is 18.0. The van der Waals surface area contributed by atoms with Crippen molar-refractivity contribution in [1.29, 1.82) is 0 Å². The van der Waals surface area contributed by atoms with Gasteiger partial charge >= 0.3 is 6.01 Å². The number of likely N-dealkylation sites (N-methyl/N-ethyl adjacent to an activating group) is 1. The van der Waals surface area contributed by atoms with Crippen molar-refractivity contribution in [2.45, 2.75) is 65.6 Å². The molecule has 0 fully saturated rings. The number of hydrogen-bond donors (Lipinski definition) is 3. The zero-order chi connectivity index (χ0) is 19.4. The van der Waals surface area contributed by atoms with Crippen LogP contribution in [0.25, 0.3) is 0 Å². The molecule has 3 rings (SSSR count). The van der Waals surface area contributed by atoms with Crippen LogP contribution in [0.1, 0.15) is 70.1 Å². The van der Waals surface area contributed by atoms with Crippen LogP contribution < -0.4 is 16.0 Å². The highest BCUT2D eigenvalue weighted by atomic mass is 16.4. The van der Waals surface area contributed by atoms with Crippen molar-refractivity contribution in [3.05, 3.63) is 41.3 Å². The lowest BCUT2D eigenvalue weighted by atomic mass is 9.88. The fourth-order valence-corrected chi connectivity index (χ4v) is 3.39. The summed E-state index contributed by atoms with van der Waals surface area (Å²) in [5, 5.41) is 17.6. The Morgan fingerprint density at radius 2 is 1.96 bits per heavy atom. The molecular weight excluding hydrogens is 354 g/mol. The van der Waals surface area contributed by atoms with Crippen LogP contribution in [0.5, 0.6) is 0 Å². The summed E-state index contributed by atoms with van der Waals surface area (Å²) in [6.45, 7) is 5.85. The largest absolute Gasteiger partial charge is 0.406 e. The van der Waals surface area contributed by atoms with Crippen LogP contribution in [-0.2, 0) is 11.2 Å². The number of carbonyl (C=O) groups is 1. The van der Waals surface area contributed by atoms with Crippen molar-refractivity contribution >= 4 is 11.9 Å². The number of anilines is 1. The molecule has 0 radical (unpaired) electrons. The van der Waals surface area contributed by atoms with Gasteiger partial charge in [0.25, 0.3) is 0 Å². The summed E-state index contributed by atoms with van der Waals surface area (Å²) in [7, 11) is 1.76. The lowest BCUT2D eigenvalue weighted by molar-refractivity contribution is -0.123. The second kappa shape index (κ2) is 9.68. The Balaban J connectivity index is 0.00000280. The van der Waals surface area contributed by atoms with Gasteiger partial charge in [0, 0.05) is 0 Å². The number of benzene rings is 1. The highest BCUT2D eigenvalue weighted by Gasteiger charge is 2.27. The van der Waals surface area contributed by atoms with Crippen molar-refractivity contribution in [1.82, 2.24) is 20.8 Å². The number of carbonyl (C=O) groups excluding carboxylic acids is 1. The first-order valence-electron chi connectivity index (χ1n) is 9.65.